The van der Waals surface area contributed by atoms with Crippen LogP contribution in [0.1, 0.15) is 25.3 Å². The van der Waals surface area contributed by atoms with E-state index in [4.69, 9.17) is 4.74 Å². The standard InChI is InChI=1S/C19H29N5O.HI/c1-3-20-19(21-11-4-14-24-15-5-13-23-24)22-12-6-16-25-18-9-7-17(2)8-10-18;/h5,7-10,13,15H,3-4,6,11-12,14,16H2,1-2H3,(H2,20,21,22);1H. The molecule has 1 aromatic carbocycles. The fourth-order valence-electron chi connectivity index (χ4n) is 2.30. The zero-order valence-electron chi connectivity index (χ0n) is 15.6. The molecule has 144 valence electrons. The van der Waals surface area contributed by atoms with Crippen LogP contribution in [-0.4, -0.2) is 42.0 Å². The monoisotopic (exact) mass is 471 g/mol. The maximum Gasteiger partial charge on any atom is 0.191 e. The first-order valence-corrected chi connectivity index (χ1v) is 8.97. The Morgan fingerprint density at radius 2 is 2.00 bits per heavy atom. The number of hydrogen-bond acceptors (Lipinski definition) is 3. The molecule has 1 aromatic heterocycles. The van der Waals surface area contributed by atoms with Crippen LogP contribution in [0.25, 0.3) is 0 Å². The number of nitrogens with one attached hydrogen (secondary N) is 2. The molecule has 1 heterocycles. The summed E-state index contributed by atoms with van der Waals surface area (Å²) in [5.41, 5.74) is 1.24. The van der Waals surface area contributed by atoms with Gasteiger partial charge in [-0.2, -0.15) is 5.10 Å². The summed E-state index contributed by atoms with van der Waals surface area (Å²) in [6.45, 7) is 8.18. The lowest BCUT2D eigenvalue weighted by atomic mass is 10.2. The van der Waals surface area contributed by atoms with Crippen LogP contribution in [-0.2, 0) is 6.54 Å². The molecule has 0 aliphatic carbocycles. The van der Waals surface area contributed by atoms with Crippen molar-refractivity contribution in [3.63, 3.8) is 0 Å². The Morgan fingerprint density at radius 3 is 2.69 bits per heavy atom. The summed E-state index contributed by atoms with van der Waals surface area (Å²) in [6, 6.07) is 10.1. The van der Waals surface area contributed by atoms with E-state index in [9.17, 15) is 0 Å². The van der Waals surface area contributed by atoms with Crippen molar-refractivity contribution in [2.75, 3.05) is 26.2 Å². The quantitative estimate of drug-likeness (QED) is 0.242. The third kappa shape index (κ3) is 9.07. The molecule has 0 saturated heterocycles. The molecule has 0 fully saturated rings. The number of aliphatic imine (C=N–C) groups is 1. The van der Waals surface area contributed by atoms with E-state index in [0.717, 1.165) is 50.7 Å². The molecule has 0 spiro atoms. The normalized spacial score (nSPS) is 10.9. The summed E-state index contributed by atoms with van der Waals surface area (Å²) >= 11 is 0. The lowest BCUT2D eigenvalue weighted by molar-refractivity contribution is 0.313. The molecular weight excluding hydrogens is 441 g/mol. The highest BCUT2D eigenvalue weighted by molar-refractivity contribution is 14.0. The second-order valence-electron chi connectivity index (χ2n) is 5.83. The van der Waals surface area contributed by atoms with Gasteiger partial charge in [-0.1, -0.05) is 17.7 Å². The molecule has 0 aliphatic heterocycles. The van der Waals surface area contributed by atoms with Crippen LogP contribution in [0.15, 0.2) is 47.7 Å². The summed E-state index contributed by atoms with van der Waals surface area (Å²) in [7, 11) is 0. The summed E-state index contributed by atoms with van der Waals surface area (Å²) in [4.78, 5) is 4.59. The number of nitrogens with zero attached hydrogens (tertiary/aromatic N) is 3. The predicted octanol–water partition coefficient (Wildman–Crippen LogP) is 3.22. The van der Waals surface area contributed by atoms with Gasteiger partial charge in [0.1, 0.15) is 5.75 Å². The van der Waals surface area contributed by atoms with E-state index in [1.165, 1.54) is 5.56 Å². The Kier molecular flexibility index (Phi) is 11.5. The van der Waals surface area contributed by atoms with Crippen molar-refractivity contribution in [1.29, 1.82) is 0 Å². The minimum atomic E-state index is 0. The van der Waals surface area contributed by atoms with Gasteiger partial charge in [-0.25, -0.2) is 0 Å². The van der Waals surface area contributed by atoms with E-state index < -0.39 is 0 Å². The molecule has 0 aliphatic rings. The van der Waals surface area contributed by atoms with Gasteiger partial charge in [0, 0.05) is 45.0 Å². The van der Waals surface area contributed by atoms with E-state index in [1.807, 2.05) is 29.1 Å². The number of hydrogen-bond donors (Lipinski definition) is 2. The minimum Gasteiger partial charge on any atom is -0.494 e. The van der Waals surface area contributed by atoms with Gasteiger partial charge in [-0.05, 0) is 38.5 Å². The Bertz CT molecular complexity index is 613. The molecule has 0 saturated carbocycles. The largest absolute Gasteiger partial charge is 0.494 e. The molecule has 2 aromatic rings. The van der Waals surface area contributed by atoms with E-state index in [2.05, 4.69) is 46.7 Å². The Morgan fingerprint density at radius 1 is 1.19 bits per heavy atom. The molecule has 0 atom stereocenters. The maximum absolute atomic E-state index is 5.72. The molecule has 0 unspecified atom stereocenters. The number of aromatic nitrogens is 2. The first-order valence-electron chi connectivity index (χ1n) is 8.97. The molecule has 7 heteroatoms. The van der Waals surface area contributed by atoms with Crippen molar-refractivity contribution >= 4 is 29.9 Å². The van der Waals surface area contributed by atoms with Gasteiger partial charge in [0.05, 0.1) is 6.61 Å². The lowest BCUT2D eigenvalue weighted by Gasteiger charge is -2.11. The summed E-state index contributed by atoms with van der Waals surface area (Å²) in [5, 5.41) is 10.8. The first-order chi connectivity index (χ1) is 12.3. The van der Waals surface area contributed by atoms with Crippen LogP contribution in [0.5, 0.6) is 5.75 Å². The number of aryl methyl sites for hydroxylation is 2. The van der Waals surface area contributed by atoms with Gasteiger partial charge in [0.25, 0.3) is 0 Å². The molecule has 0 bridgehead atoms. The van der Waals surface area contributed by atoms with Crippen LogP contribution < -0.4 is 15.4 Å². The third-order valence-electron chi connectivity index (χ3n) is 3.62. The topological polar surface area (TPSA) is 63.5 Å². The number of halogens is 1. The molecule has 2 rings (SSSR count). The van der Waals surface area contributed by atoms with E-state index >= 15 is 0 Å². The molecule has 0 radical (unpaired) electrons. The van der Waals surface area contributed by atoms with Crippen molar-refractivity contribution in [2.45, 2.75) is 33.2 Å². The second kappa shape index (κ2) is 13.4. The van der Waals surface area contributed by atoms with Crippen LogP contribution in [0.2, 0.25) is 0 Å². The van der Waals surface area contributed by atoms with Crippen molar-refractivity contribution in [3.05, 3.63) is 48.3 Å². The van der Waals surface area contributed by atoms with Crippen molar-refractivity contribution in [1.82, 2.24) is 20.4 Å². The van der Waals surface area contributed by atoms with Crippen molar-refractivity contribution in [2.24, 2.45) is 4.99 Å². The Balaban J connectivity index is 0.00000338. The number of benzene rings is 1. The number of guanidine groups is 1. The van der Waals surface area contributed by atoms with Crippen LogP contribution in [0.4, 0.5) is 0 Å². The van der Waals surface area contributed by atoms with Crippen molar-refractivity contribution in [3.8, 4) is 5.75 Å². The predicted molar refractivity (Wildman–Crippen MR) is 118 cm³/mol. The van der Waals surface area contributed by atoms with Crippen LogP contribution >= 0.6 is 24.0 Å². The average molecular weight is 471 g/mol. The van der Waals surface area contributed by atoms with Gasteiger partial charge < -0.3 is 15.4 Å². The third-order valence-corrected chi connectivity index (χ3v) is 3.62. The number of rotatable bonds is 10. The summed E-state index contributed by atoms with van der Waals surface area (Å²) < 4.78 is 7.66. The summed E-state index contributed by atoms with van der Waals surface area (Å²) in [5.74, 6) is 1.77. The highest BCUT2D eigenvalue weighted by Gasteiger charge is 1.98. The molecule has 0 amide bonds. The smallest absolute Gasteiger partial charge is 0.191 e. The van der Waals surface area contributed by atoms with Gasteiger partial charge in [-0.3, -0.25) is 9.67 Å². The van der Waals surface area contributed by atoms with Crippen molar-refractivity contribution < 1.29 is 4.74 Å². The van der Waals surface area contributed by atoms with Crippen LogP contribution in [0.3, 0.4) is 0 Å². The molecule has 2 N–H and O–H groups in total. The highest BCUT2D eigenvalue weighted by atomic mass is 127. The van der Waals surface area contributed by atoms with E-state index in [1.54, 1.807) is 6.20 Å². The Labute approximate surface area is 173 Å². The van der Waals surface area contributed by atoms with Gasteiger partial charge in [-0.15, -0.1) is 24.0 Å². The molecule has 6 nitrogen and oxygen atoms in total. The minimum absolute atomic E-state index is 0. The fraction of sp³-hybridized carbons (Fsp3) is 0.474. The lowest BCUT2D eigenvalue weighted by Crippen LogP contribution is -2.38. The Hall–Kier alpha value is -1.77. The van der Waals surface area contributed by atoms with Gasteiger partial charge in [0.2, 0.25) is 0 Å². The first kappa shape index (κ1) is 22.3. The average Bonchev–Trinajstić information content (AvgIpc) is 3.13. The van der Waals surface area contributed by atoms with Gasteiger partial charge in [0.15, 0.2) is 5.96 Å². The molecular formula is C19H30IN5O. The van der Waals surface area contributed by atoms with Gasteiger partial charge >= 0.3 is 0 Å². The molecule has 26 heavy (non-hydrogen) atoms. The zero-order valence-corrected chi connectivity index (χ0v) is 18.0. The SMILES string of the molecule is CCNC(=NCCCOc1ccc(C)cc1)NCCCn1cccn1.I. The highest BCUT2D eigenvalue weighted by Crippen LogP contribution is 2.11. The van der Waals surface area contributed by atoms with Crippen LogP contribution in [0, 0.1) is 6.92 Å². The number of ether oxygens (including phenoxy) is 1. The van der Waals surface area contributed by atoms with E-state index in [-0.39, 0.29) is 24.0 Å². The maximum atomic E-state index is 5.72. The van der Waals surface area contributed by atoms with E-state index in [0.29, 0.717) is 6.61 Å². The summed E-state index contributed by atoms with van der Waals surface area (Å²) in [6.07, 6.45) is 5.67. The fourth-order valence-corrected chi connectivity index (χ4v) is 2.30. The second-order valence-corrected chi connectivity index (χ2v) is 5.83. The zero-order chi connectivity index (χ0) is 17.7.